The first kappa shape index (κ1) is 69.6. The van der Waals surface area contributed by atoms with Gasteiger partial charge in [0.2, 0.25) is 0 Å². The van der Waals surface area contributed by atoms with Crippen molar-refractivity contribution in [2.75, 3.05) is 13.2 Å². The van der Waals surface area contributed by atoms with E-state index < -0.39 is 40.4 Å². The number of aliphatic carboxylic acids is 1. The lowest BCUT2D eigenvalue weighted by atomic mass is 9.94. The fraction of sp³-hybridized carbons (Fsp3) is 0.425. The maximum absolute atomic E-state index is 13.4. The molecule has 6 aromatic carbocycles. The molecule has 9 rings (SSSR count). The maximum atomic E-state index is 13.4. The largest absolute Gasteiger partial charge is 0.490 e. The van der Waals surface area contributed by atoms with Crippen molar-refractivity contribution < 1.29 is 62.7 Å². The molecule has 89 heavy (non-hydrogen) atoms. The third kappa shape index (κ3) is 16.6. The summed E-state index contributed by atoms with van der Waals surface area (Å²) >= 11 is 0. The fourth-order valence-corrected chi connectivity index (χ4v) is 11.5. The maximum Gasteiger partial charge on any atom is 0.339 e. The number of aryl methyl sites for hydroxylation is 9. The molecule has 6 N–H and O–H groups in total. The molecule has 0 aromatic heterocycles. The molecule has 16 nitrogen and oxygen atoms in total. The normalized spacial score (nSPS) is 14.3. The van der Waals surface area contributed by atoms with Crippen molar-refractivity contribution in [3.63, 3.8) is 0 Å². The zero-order valence-corrected chi connectivity index (χ0v) is 55.0. The number of benzene rings is 6. The molecule has 0 atom stereocenters. The van der Waals surface area contributed by atoms with Gasteiger partial charge in [0.05, 0.1) is 42.7 Å². The average Bonchev–Trinajstić information content (AvgIpc) is 1.70. The number of rotatable bonds is 16. The zero-order valence-electron chi connectivity index (χ0n) is 55.0. The van der Waals surface area contributed by atoms with Crippen LogP contribution >= 0.6 is 0 Å². The minimum absolute atomic E-state index is 0.0193. The van der Waals surface area contributed by atoms with Crippen LogP contribution in [-0.2, 0) is 62.4 Å². The number of nitrogens with one attached hydrogen (secondary N) is 2. The van der Waals surface area contributed by atoms with E-state index in [1.165, 1.54) is 33.4 Å². The van der Waals surface area contributed by atoms with Crippen molar-refractivity contribution in [1.82, 2.24) is 10.6 Å². The number of carboxylic acids is 2. The number of esters is 2. The van der Waals surface area contributed by atoms with Crippen molar-refractivity contribution in [3.05, 3.63) is 191 Å². The Hall–Kier alpha value is -8.50. The molecule has 0 heterocycles. The molecule has 0 bridgehead atoms. The van der Waals surface area contributed by atoms with Crippen LogP contribution in [-0.4, -0.2) is 94.0 Å². The topological polar surface area (TPSA) is 239 Å². The third-order valence-corrected chi connectivity index (χ3v) is 16.3. The van der Waals surface area contributed by atoms with Gasteiger partial charge in [-0.2, -0.15) is 0 Å². The molecular formula is C73H91N3O13. The number of para-hydroxylation sites is 3. The summed E-state index contributed by atoms with van der Waals surface area (Å²) in [5, 5.41) is 24.8. The van der Waals surface area contributed by atoms with Gasteiger partial charge in [-0.25, -0.2) is 14.4 Å². The predicted molar refractivity (Wildman–Crippen MR) is 346 cm³/mol. The summed E-state index contributed by atoms with van der Waals surface area (Å²) in [5.41, 5.74) is 20.0. The van der Waals surface area contributed by atoms with Gasteiger partial charge in [-0.05, 0) is 219 Å². The Bertz CT molecular complexity index is 3540. The molecule has 0 saturated carbocycles. The predicted octanol–water partition coefficient (Wildman–Crippen LogP) is 12.1. The van der Waals surface area contributed by atoms with E-state index >= 15 is 0 Å². The lowest BCUT2D eigenvalue weighted by Gasteiger charge is -2.28. The first-order valence-electron chi connectivity index (χ1n) is 30.6. The first-order valence-corrected chi connectivity index (χ1v) is 30.6. The number of fused-ring (bicyclic) bond motifs is 3. The number of nitrogens with two attached hydrogens (primary N) is 1. The number of ether oxygens (including phenoxy) is 5. The third-order valence-electron chi connectivity index (χ3n) is 16.3. The van der Waals surface area contributed by atoms with Gasteiger partial charge in [0.25, 0.3) is 11.8 Å². The Balaban J connectivity index is 0.000000198. The van der Waals surface area contributed by atoms with Gasteiger partial charge < -0.3 is 50.3 Å². The lowest BCUT2D eigenvalue weighted by molar-refractivity contribution is -0.150. The fourth-order valence-electron chi connectivity index (χ4n) is 11.5. The molecule has 0 fully saturated rings. The molecule has 0 aliphatic heterocycles. The molecule has 0 saturated heterocycles. The van der Waals surface area contributed by atoms with Crippen LogP contribution in [0.4, 0.5) is 0 Å². The standard InChI is InChI=1S/C25H31NO4.C23H27NO4.C14H19NO2.C11H14O3/c1-7-29-24(28)25(13-19-11-17(5)18(6)12-20(19)14-25)26-23(27)21-10-8-9-16(4)22(21)30-15(2)3;1-13(2)28-20-14(3)7-6-8-19(20)21(25)24-23(22(26)27)11-17-9-15(4)16(5)10-18(17)12-23;1-4-17-13(16)14(15)7-11-5-9(2)10(3)6-12(11)8-14;1-7(2)14-10-8(3)5-4-6-9(10)11(12)13/h8-12,15H,7,13-14H2,1-6H3,(H,26,27);6-10,13H,11-12H2,1-5H3,(H,24,25)(H,26,27);5-6H,4,7-8,15H2,1-3H3;4-7H,1-3H3,(H,12,13). The molecule has 3 aliphatic rings. The highest BCUT2D eigenvalue weighted by Gasteiger charge is 2.48. The second-order valence-electron chi connectivity index (χ2n) is 24.8. The molecule has 3 aliphatic carbocycles. The minimum atomic E-state index is -1.35. The van der Waals surface area contributed by atoms with E-state index in [0.717, 1.165) is 50.1 Å². The summed E-state index contributed by atoms with van der Waals surface area (Å²) < 4.78 is 27.7. The van der Waals surface area contributed by atoms with Gasteiger partial charge in [0, 0.05) is 38.5 Å². The second kappa shape index (κ2) is 29.2. The quantitative estimate of drug-likeness (QED) is 0.0567. The summed E-state index contributed by atoms with van der Waals surface area (Å²) in [6.07, 6.45) is 2.37. The molecule has 0 spiro atoms. The van der Waals surface area contributed by atoms with Crippen LogP contribution in [0.25, 0.3) is 0 Å². The number of hydrogen-bond acceptors (Lipinski definition) is 12. The molecule has 2 amide bonds. The summed E-state index contributed by atoms with van der Waals surface area (Å²) in [6.45, 7) is 33.5. The highest BCUT2D eigenvalue weighted by Crippen LogP contribution is 2.37. The van der Waals surface area contributed by atoms with E-state index in [2.05, 4.69) is 62.6 Å². The number of amides is 2. The van der Waals surface area contributed by atoms with Gasteiger partial charge in [0.15, 0.2) is 0 Å². The monoisotopic (exact) mass is 1220 g/mol. The molecule has 476 valence electrons. The van der Waals surface area contributed by atoms with Gasteiger partial charge in [0.1, 0.15) is 39.4 Å². The Morgan fingerprint density at radius 3 is 1.01 bits per heavy atom. The van der Waals surface area contributed by atoms with Gasteiger partial charge in [-0.3, -0.25) is 14.4 Å². The van der Waals surface area contributed by atoms with Crippen molar-refractivity contribution in [3.8, 4) is 17.2 Å². The van der Waals surface area contributed by atoms with Gasteiger partial charge in [-0.1, -0.05) is 72.8 Å². The number of carbonyl (C=O) groups excluding carboxylic acids is 4. The van der Waals surface area contributed by atoms with Crippen LogP contribution in [0, 0.1) is 62.3 Å². The highest BCUT2D eigenvalue weighted by atomic mass is 16.5. The molecule has 0 radical (unpaired) electrons. The SMILES string of the molecule is CCOC(=O)C1(N)Cc2cc(C)c(C)cc2C1.CCOC(=O)C1(NC(=O)c2cccc(C)c2OC(C)C)Cc2cc(C)c(C)cc2C1.Cc1cc2c(cc1C)CC(NC(=O)c1cccc(C)c1OC(C)C)(C(=O)O)C2.Cc1cccc(C(=O)O)c1OC(C)C. The van der Waals surface area contributed by atoms with Gasteiger partial charge >= 0.3 is 23.9 Å². The number of carbonyl (C=O) groups is 6. The molecule has 6 aromatic rings. The van der Waals surface area contributed by atoms with Crippen LogP contribution in [0.2, 0.25) is 0 Å². The minimum Gasteiger partial charge on any atom is -0.490 e. The highest BCUT2D eigenvalue weighted by molar-refractivity contribution is 6.02. The van der Waals surface area contributed by atoms with Gasteiger partial charge in [-0.15, -0.1) is 0 Å². The number of hydrogen-bond donors (Lipinski definition) is 5. The Labute approximate surface area is 525 Å². The van der Waals surface area contributed by atoms with Crippen LogP contribution in [0.5, 0.6) is 17.2 Å². The van der Waals surface area contributed by atoms with Crippen LogP contribution < -0.4 is 30.6 Å². The van der Waals surface area contributed by atoms with E-state index in [-0.39, 0.29) is 55.2 Å². The number of carboxylic acid groups (broad SMARTS) is 2. The number of aromatic carboxylic acids is 1. The average molecular weight is 1220 g/mol. The Morgan fingerprint density at radius 1 is 0.427 bits per heavy atom. The van der Waals surface area contributed by atoms with E-state index in [4.69, 9.17) is 34.5 Å². The molecule has 0 unspecified atom stereocenters. The summed E-state index contributed by atoms with van der Waals surface area (Å²) in [5.74, 6) is -1.91. The van der Waals surface area contributed by atoms with Crippen molar-refractivity contribution in [1.29, 1.82) is 0 Å². The first-order chi connectivity index (χ1) is 41.8. The summed E-state index contributed by atoms with van der Waals surface area (Å²) in [6, 6.07) is 28.4. The second-order valence-corrected chi connectivity index (χ2v) is 24.8. The van der Waals surface area contributed by atoms with E-state index in [1.807, 2.05) is 113 Å². The lowest BCUT2D eigenvalue weighted by Crippen LogP contribution is -2.56. The zero-order chi connectivity index (χ0) is 66.0. The van der Waals surface area contributed by atoms with Crippen LogP contribution in [0.1, 0.15) is 170 Å². The van der Waals surface area contributed by atoms with E-state index in [9.17, 15) is 33.9 Å². The van der Waals surface area contributed by atoms with E-state index in [1.54, 1.807) is 44.2 Å². The van der Waals surface area contributed by atoms with Crippen molar-refractivity contribution in [2.24, 2.45) is 5.73 Å². The Morgan fingerprint density at radius 2 is 0.708 bits per heavy atom. The Kier molecular flexibility index (Phi) is 22.8. The van der Waals surface area contributed by atoms with Crippen LogP contribution in [0.15, 0.2) is 91.0 Å². The van der Waals surface area contributed by atoms with E-state index in [0.29, 0.717) is 60.7 Å². The van der Waals surface area contributed by atoms with Crippen molar-refractivity contribution in [2.45, 2.75) is 191 Å². The van der Waals surface area contributed by atoms with Crippen LogP contribution in [0.3, 0.4) is 0 Å². The summed E-state index contributed by atoms with van der Waals surface area (Å²) in [4.78, 5) is 74.4. The molecular weight excluding hydrogens is 1130 g/mol. The smallest absolute Gasteiger partial charge is 0.339 e. The summed E-state index contributed by atoms with van der Waals surface area (Å²) in [7, 11) is 0. The molecule has 16 heteroatoms. The van der Waals surface area contributed by atoms with Crippen molar-refractivity contribution >= 4 is 35.7 Å².